The molecule has 2 aromatic carbocycles. The fourth-order valence-corrected chi connectivity index (χ4v) is 4.53. The SMILES string of the molecule is O=C(O)C(=O)O.O=S(=O)(Cc1ccccc1)N1CCN(Cc2ccc(Cl)cc2)CC1. The smallest absolute Gasteiger partial charge is 0.414 e. The van der Waals surface area contributed by atoms with E-state index in [0.717, 1.165) is 30.2 Å². The second-order valence-electron chi connectivity index (χ2n) is 6.65. The minimum absolute atomic E-state index is 0.0744. The van der Waals surface area contributed by atoms with Crippen LogP contribution in [-0.4, -0.2) is 66.0 Å². The van der Waals surface area contributed by atoms with Crippen molar-refractivity contribution in [1.29, 1.82) is 0 Å². The van der Waals surface area contributed by atoms with E-state index in [1.54, 1.807) is 4.31 Å². The lowest BCUT2D eigenvalue weighted by atomic mass is 10.2. The topological polar surface area (TPSA) is 115 Å². The molecule has 30 heavy (non-hydrogen) atoms. The number of hydrogen-bond donors (Lipinski definition) is 2. The number of hydrogen-bond acceptors (Lipinski definition) is 5. The molecule has 0 radical (unpaired) electrons. The minimum Gasteiger partial charge on any atom is -0.473 e. The van der Waals surface area contributed by atoms with E-state index in [0.29, 0.717) is 13.1 Å². The van der Waals surface area contributed by atoms with Crippen LogP contribution in [0, 0.1) is 0 Å². The molecule has 0 spiro atoms. The maximum atomic E-state index is 12.6. The monoisotopic (exact) mass is 454 g/mol. The molecular weight excluding hydrogens is 432 g/mol. The molecule has 2 N–H and O–H groups in total. The standard InChI is InChI=1S/C18H21ClN2O2S.C2H2O4/c19-18-8-6-16(7-9-18)14-20-10-12-21(13-11-20)24(22,23)15-17-4-2-1-3-5-17;3-1(4)2(5)6/h1-9H,10-15H2;(H,3,4)(H,5,6). The van der Waals surface area contributed by atoms with Crippen LogP contribution < -0.4 is 0 Å². The third kappa shape index (κ3) is 7.75. The van der Waals surface area contributed by atoms with E-state index in [9.17, 15) is 8.42 Å². The van der Waals surface area contributed by atoms with Gasteiger partial charge in [-0.3, -0.25) is 4.90 Å². The number of sulfonamides is 1. The Balaban J connectivity index is 0.000000469. The minimum atomic E-state index is -3.25. The number of aliphatic carboxylic acids is 2. The summed E-state index contributed by atoms with van der Waals surface area (Å²) >= 11 is 5.90. The van der Waals surface area contributed by atoms with Crippen molar-refractivity contribution >= 4 is 33.6 Å². The summed E-state index contributed by atoms with van der Waals surface area (Å²) < 4.78 is 26.7. The first-order valence-electron chi connectivity index (χ1n) is 9.12. The average molecular weight is 455 g/mol. The molecule has 1 heterocycles. The number of halogens is 1. The zero-order valence-electron chi connectivity index (χ0n) is 16.1. The van der Waals surface area contributed by atoms with Crippen molar-refractivity contribution in [3.8, 4) is 0 Å². The van der Waals surface area contributed by atoms with Crippen molar-refractivity contribution in [3.63, 3.8) is 0 Å². The Morgan fingerprint density at radius 2 is 1.37 bits per heavy atom. The first-order valence-corrected chi connectivity index (χ1v) is 11.1. The molecule has 0 saturated carbocycles. The highest BCUT2D eigenvalue weighted by atomic mass is 35.5. The lowest BCUT2D eigenvalue weighted by molar-refractivity contribution is -0.159. The third-order valence-electron chi connectivity index (χ3n) is 4.42. The van der Waals surface area contributed by atoms with E-state index in [1.165, 1.54) is 5.56 Å². The fraction of sp³-hybridized carbons (Fsp3) is 0.300. The van der Waals surface area contributed by atoms with E-state index in [-0.39, 0.29) is 5.75 Å². The number of benzene rings is 2. The largest absolute Gasteiger partial charge is 0.473 e. The Kier molecular flexibility index (Phi) is 8.79. The van der Waals surface area contributed by atoms with Crippen LogP contribution in [0.4, 0.5) is 0 Å². The predicted octanol–water partition coefficient (Wildman–Crippen LogP) is 2.14. The number of carboxylic acids is 2. The highest BCUT2D eigenvalue weighted by Gasteiger charge is 2.27. The number of carbonyl (C=O) groups is 2. The van der Waals surface area contributed by atoms with E-state index >= 15 is 0 Å². The maximum Gasteiger partial charge on any atom is 0.414 e. The van der Waals surface area contributed by atoms with Crippen molar-refractivity contribution in [2.24, 2.45) is 0 Å². The van der Waals surface area contributed by atoms with Gasteiger partial charge in [0.1, 0.15) is 0 Å². The zero-order chi connectivity index (χ0) is 22.1. The molecule has 0 aliphatic carbocycles. The molecule has 162 valence electrons. The van der Waals surface area contributed by atoms with Gasteiger partial charge in [-0.25, -0.2) is 18.0 Å². The number of nitrogens with zero attached hydrogens (tertiary/aromatic N) is 2. The van der Waals surface area contributed by atoms with E-state index < -0.39 is 22.0 Å². The molecule has 0 bridgehead atoms. The molecule has 1 aliphatic rings. The van der Waals surface area contributed by atoms with Crippen LogP contribution in [0.5, 0.6) is 0 Å². The van der Waals surface area contributed by atoms with E-state index in [4.69, 9.17) is 31.4 Å². The lowest BCUT2D eigenvalue weighted by Crippen LogP contribution is -2.48. The van der Waals surface area contributed by atoms with Crippen LogP contribution in [0.2, 0.25) is 5.02 Å². The van der Waals surface area contributed by atoms with Gasteiger partial charge in [-0.05, 0) is 23.3 Å². The summed E-state index contributed by atoms with van der Waals surface area (Å²) in [6.45, 7) is 3.41. The molecule has 0 unspecified atom stereocenters. The van der Waals surface area contributed by atoms with Gasteiger partial charge in [-0.15, -0.1) is 0 Å². The average Bonchev–Trinajstić information content (AvgIpc) is 2.71. The summed E-state index contributed by atoms with van der Waals surface area (Å²) in [5.41, 5.74) is 2.03. The number of piperazine rings is 1. The van der Waals surface area contributed by atoms with Gasteiger partial charge in [-0.1, -0.05) is 54.1 Å². The number of rotatable bonds is 5. The van der Waals surface area contributed by atoms with Gasteiger partial charge < -0.3 is 10.2 Å². The lowest BCUT2D eigenvalue weighted by Gasteiger charge is -2.34. The maximum absolute atomic E-state index is 12.6. The molecule has 8 nitrogen and oxygen atoms in total. The molecule has 1 aliphatic heterocycles. The Bertz CT molecular complexity index is 931. The zero-order valence-corrected chi connectivity index (χ0v) is 17.7. The summed E-state index contributed by atoms with van der Waals surface area (Å²) in [5.74, 6) is -3.57. The van der Waals surface area contributed by atoms with Gasteiger partial charge in [0.05, 0.1) is 5.75 Å². The van der Waals surface area contributed by atoms with Crippen LogP contribution >= 0.6 is 11.6 Å². The highest BCUT2D eigenvalue weighted by molar-refractivity contribution is 7.88. The van der Waals surface area contributed by atoms with Crippen LogP contribution in [0.25, 0.3) is 0 Å². The Morgan fingerprint density at radius 1 is 0.833 bits per heavy atom. The van der Waals surface area contributed by atoms with Gasteiger partial charge in [0.15, 0.2) is 0 Å². The first-order chi connectivity index (χ1) is 14.2. The van der Waals surface area contributed by atoms with Crippen molar-refractivity contribution in [3.05, 3.63) is 70.7 Å². The summed E-state index contributed by atoms with van der Waals surface area (Å²) in [4.78, 5) is 20.5. The van der Waals surface area contributed by atoms with Crippen LogP contribution in [0.1, 0.15) is 11.1 Å². The van der Waals surface area contributed by atoms with Crippen molar-refractivity contribution < 1.29 is 28.2 Å². The van der Waals surface area contributed by atoms with Crippen molar-refractivity contribution in [2.45, 2.75) is 12.3 Å². The van der Waals surface area contributed by atoms with Gasteiger partial charge in [0.2, 0.25) is 10.0 Å². The second kappa shape index (κ2) is 11.1. The molecule has 1 fully saturated rings. The van der Waals surface area contributed by atoms with Crippen molar-refractivity contribution in [2.75, 3.05) is 26.2 Å². The molecule has 2 aromatic rings. The van der Waals surface area contributed by atoms with Crippen LogP contribution in [0.3, 0.4) is 0 Å². The Hall–Kier alpha value is -2.46. The molecule has 0 aromatic heterocycles. The van der Waals surface area contributed by atoms with Gasteiger partial charge in [-0.2, -0.15) is 4.31 Å². The predicted molar refractivity (Wildman–Crippen MR) is 113 cm³/mol. The molecule has 0 atom stereocenters. The molecule has 0 amide bonds. The summed E-state index contributed by atoms with van der Waals surface area (Å²) in [5, 5.41) is 15.5. The van der Waals surface area contributed by atoms with Crippen LogP contribution in [-0.2, 0) is 31.9 Å². The van der Waals surface area contributed by atoms with Gasteiger partial charge in [0.25, 0.3) is 0 Å². The summed E-state index contributed by atoms with van der Waals surface area (Å²) in [6, 6.07) is 17.1. The van der Waals surface area contributed by atoms with Gasteiger partial charge >= 0.3 is 11.9 Å². The van der Waals surface area contributed by atoms with E-state index in [2.05, 4.69) is 4.90 Å². The van der Waals surface area contributed by atoms with Crippen LogP contribution in [0.15, 0.2) is 54.6 Å². The normalized spacial score (nSPS) is 15.1. The summed E-state index contributed by atoms with van der Waals surface area (Å²) in [7, 11) is -3.25. The first kappa shape index (κ1) is 23.8. The van der Waals surface area contributed by atoms with E-state index in [1.807, 2.05) is 54.6 Å². The second-order valence-corrected chi connectivity index (χ2v) is 9.06. The Morgan fingerprint density at radius 3 is 1.87 bits per heavy atom. The molecule has 1 saturated heterocycles. The summed E-state index contributed by atoms with van der Waals surface area (Å²) in [6.07, 6.45) is 0. The quantitative estimate of drug-likeness (QED) is 0.665. The molecule has 3 rings (SSSR count). The van der Waals surface area contributed by atoms with Gasteiger partial charge in [0, 0.05) is 37.7 Å². The fourth-order valence-electron chi connectivity index (χ4n) is 2.89. The third-order valence-corrected chi connectivity index (χ3v) is 6.52. The molecule has 10 heteroatoms. The number of carboxylic acid groups (broad SMARTS) is 2. The molecular formula is C20H23ClN2O6S. The van der Waals surface area contributed by atoms with Crippen molar-refractivity contribution in [1.82, 2.24) is 9.21 Å². The highest BCUT2D eigenvalue weighted by Crippen LogP contribution is 2.16. The Labute approximate surface area is 180 Å².